The number of halogens is 1. The van der Waals surface area contributed by atoms with Gasteiger partial charge in [0.2, 0.25) is 0 Å². The van der Waals surface area contributed by atoms with E-state index in [0.29, 0.717) is 23.6 Å². The topological polar surface area (TPSA) is 43.1 Å². The number of benzene rings is 1. The van der Waals surface area contributed by atoms with Crippen molar-refractivity contribution in [1.29, 1.82) is 0 Å². The fraction of sp³-hybridized carbons (Fsp3) is 0.364. The van der Waals surface area contributed by atoms with Gasteiger partial charge in [-0.2, -0.15) is 0 Å². The van der Waals surface area contributed by atoms with Crippen LogP contribution in [0.2, 0.25) is 5.02 Å². The van der Waals surface area contributed by atoms with E-state index in [4.69, 9.17) is 17.3 Å². The van der Waals surface area contributed by atoms with E-state index >= 15 is 0 Å². The molecule has 74 valence electrons. The van der Waals surface area contributed by atoms with Crippen molar-refractivity contribution in [2.45, 2.75) is 25.2 Å². The standard InChI is InChI=1S/C11H12ClNO/c12-8-2-4-11(13)10(6-8)7-1-3-9(14)5-7/h2,4,6-7H,1,3,5,13H2. The van der Waals surface area contributed by atoms with Crippen molar-refractivity contribution in [3.8, 4) is 0 Å². The maximum atomic E-state index is 11.1. The molecule has 3 heteroatoms. The van der Waals surface area contributed by atoms with E-state index in [1.165, 1.54) is 0 Å². The van der Waals surface area contributed by atoms with Gasteiger partial charge in [-0.05, 0) is 36.1 Å². The first kappa shape index (κ1) is 9.53. The Morgan fingerprint density at radius 1 is 1.43 bits per heavy atom. The minimum absolute atomic E-state index is 0.279. The van der Waals surface area contributed by atoms with E-state index in [0.717, 1.165) is 17.7 Å². The SMILES string of the molecule is Nc1ccc(Cl)cc1C1CCC(=O)C1. The molecule has 0 aromatic heterocycles. The average Bonchev–Trinajstić information content (AvgIpc) is 2.56. The van der Waals surface area contributed by atoms with Crippen LogP contribution in [0.5, 0.6) is 0 Å². The molecule has 0 bridgehead atoms. The number of anilines is 1. The molecular formula is C11H12ClNO. The molecule has 1 atom stereocenters. The number of Topliss-reactive ketones (excluding diaryl/α,β-unsaturated/α-hetero) is 1. The van der Waals surface area contributed by atoms with Crippen LogP contribution in [-0.4, -0.2) is 5.78 Å². The quantitative estimate of drug-likeness (QED) is 0.723. The van der Waals surface area contributed by atoms with Gasteiger partial charge in [-0.3, -0.25) is 4.79 Å². The van der Waals surface area contributed by atoms with E-state index in [2.05, 4.69) is 0 Å². The van der Waals surface area contributed by atoms with Gasteiger partial charge in [-0.1, -0.05) is 11.6 Å². The molecule has 1 saturated carbocycles. The molecule has 2 N–H and O–H groups in total. The average molecular weight is 210 g/mol. The van der Waals surface area contributed by atoms with Gasteiger partial charge in [0.05, 0.1) is 0 Å². The summed E-state index contributed by atoms with van der Waals surface area (Å²) in [5.74, 6) is 0.607. The van der Waals surface area contributed by atoms with E-state index in [9.17, 15) is 4.79 Å². The molecule has 1 unspecified atom stereocenters. The number of hydrogen-bond donors (Lipinski definition) is 1. The zero-order valence-corrected chi connectivity index (χ0v) is 8.55. The Kier molecular flexibility index (Phi) is 2.46. The van der Waals surface area contributed by atoms with Crippen LogP contribution in [0.3, 0.4) is 0 Å². The van der Waals surface area contributed by atoms with Crippen LogP contribution in [-0.2, 0) is 4.79 Å². The number of carbonyl (C=O) groups is 1. The molecule has 0 spiro atoms. The fourth-order valence-electron chi connectivity index (χ4n) is 1.98. The van der Waals surface area contributed by atoms with Crippen molar-refractivity contribution >= 4 is 23.1 Å². The minimum Gasteiger partial charge on any atom is -0.398 e. The van der Waals surface area contributed by atoms with E-state index < -0.39 is 0 Å². The lowest BCUT2D eigenvalue weighted by atomic mass is 9.96. The summed E-state index contributed by atoms with van der Waals surface area (Å²) in [4.78, 5) is 11.1. The smallest absolute Gasteiger partial charge is 0.133 e. The Hall–Kier alpha value is -1.02. The Morgan fingerprint density at radius 3 is 2.86 bits per heavy atom. The zero-order chi connectivity index (χ0) is 10.1. The van der Waals surface area contributed by atoms with Crippen molar-refractivity contribution < 1.29 is 4.79 Å². The second kappa shape index (κ2) is 3.62. The van der Waals surface area contributed by atoms with Gasteiger partial charge in [0.15, 0.2) is 0 Å². The lowest BCUT2D eigenvalue weighted by Gasteiger charge is -2.11. The Morgan fingerprint density at radius 2 is 2.21 bits per heavy atom. The molecular weight excluding hydrogens is 198 g/mol. The fourth-order valence-corrected chi connectivity index (χ4v) is 2.16. The van der Waals surface area contributed by atoms with Gasteiger partial charge >= 0.3 is 0 Å². The lowest BCUT2D eigenvalue weighted by Crippen LogP contribution is -1.99. The van der Waals surface area contributed by atoms with Gasteiger partial charge < -0.3 is 5.73 Å². The maximum absolute atomic E-state index is 11.1. The molecule has 0 amide bonds. The van der Waals surface area contributed by atoms with Crippen LogP contribution in [0, 0.1) is 0 Å². The largest absolute Gasteiger partial charge is 0.398 e. The molecule has 2 rings (SSSR count). The molecule has 0 saturated heterocycles. The van der Waals surface area contributed by atoms with Crippen molar-refractivity contribution in [3.05, 3.63) is 28.8 Å². The summed E-state index contributed by atoms with van der Waals surface area (Å²) < 4.78 is 0. The van der Waals surface area contributed by atoms with Crippen molar-refractivity contribution in [3.63, 3.8) is 0 Å². The summed E-state index contributed by atoms with van der Waals surface area (Å²) in [5.41, 5.74) is 7.62. The molecule has 0 heterocycles. The van der Waals surface area contributed by atoms with Crippen molar-refractivity contribution in [2.75, 3.05) is 5.73 Å². The summed E-state index contributed by atoms with van der Waals surface area (Å²) in [7, 11) is 0. The molecule has 1 aromatic carbocycles. The van der Waals surface area contributed by atoms with Crippen LogP contribution >= 0.6 is 11.6 Å². The zero-order valence-electron chi connectivity index (χ0n) is 7.79. The molecule has 2 nitrogen and oxygen atoms in total. The van der Waals surface area contributed by atoms with Gasteiger partial charge in [0, 0.05) is 23.6 Å². The number of ketones is 1. The highest BCUT2D eigenvalue weighted by atomic mass is 35.5. The predicted molar refractivity (Wildman–Crippen MR) is 57.5 cm³/mol. The summed E-state index contributed by atoms with van der Waals surface area (Å²) >= 11 is 5.89. The first-order valence-corrected chi connectivity index (χ1v) is 5.11. The molecule has 0 aliphatic heterocycles. The third-order valence-electron chi connectivity index (χ3n) is 2.73. The van der Waals surface area contributed by atoms with Crippen LogP contribution in [0.4, 0.5) is 5.69 Å². The van der Waals surface area contributed by atoms with Crippen LogP contribution in [0.1, 0.15) is 30.7 Å². The molecule has 1 fully saturated rings. The number of nitrogen functional groups attached to an aromatic ring is 1. The third-order valence-corrected chi connectivity index (χ3v) is 2.97. The van der Waals surface area contributed by atoms with Crippen LogP contribution in [0.25, 0.3) is 0 Å². The van der Waals surface area contributed by atoms with Crippen LogP contribution in [0.15, 0.2) is 18.2 Å². The van der Waals surface area contributed by atoms with Gasteiger partial charge in [0.1, 0.15) is 5.78 Å². The Labute approximate surface area is 88.1 Å². The minimum atomic E-state index is 0.279. The van der Waals surface area contributed by atoms with E-state index in [1.807, 2.05) is 6.07 Å². The van der Waals surface area contributed by atoms with Crippen molar-refractivity contribution in [2.24, 2.45) is 0 Å². The highest BCUT2D eigenvalue weighted by Crippen LogP contribution is 2.36. The van der Waals surface area contributed by atoms with E-state index in [1.54, 1.807) is 12.1 Å². The van der Waals surface area contributed by atoms with Crippen LogP contribution < -0.4 is 5.73 Å². The maximum Gasteiger partial charge on any atom is 0.133 e. The third kappa shape index (κ3) is 1.75. The number of nitrogens with two attached hydrogens (primary N) is 1. The Bertz CT molecular complexity index is 376. The number of rotatable bonds is 1. The molecule has 1 aromatic rings. The van der Waals surface area contributed by atoms with Gasteiger partial charge in [-0.25, -0.2) is 0 Å². The summed E-state index contributed by atoms with van der Waals surface area (Å²) in [6, 6.07) is 5.46. The molecule has 1 aliphatic carbocycles. The van der Waals surface area contributed by atoms with E-state index in [-0.39, 0.29) is 5.92 Å². The summed E-state index contributed by atoms with van der Waals surface area (Å²) in [6.07, 6.45) is 2.20. The summed E-state index contributed by atoms with van der Waals surface area (Å²) in [6.45, 7) is 0. The Balaban J connectivity index is 2.31. The van der Waals surface area contributed by atoms with Gasteiger partial charge in [0.25, 0.3) is 0 Å². The van der Waals surface area contributed by atoms with Crippen molar-refractivity contribution in [1.82, 2.24) is 0 Å². The second-order valence-corrected chi connectivity index (χ2v) is 4.19. The second-order valence-electron chi connectivity index (χ2n) is 3.75. The normalized spacial score (nSPS) is 21.5. The predicted octanol–water partition coefficient (Wildman–Crippen LogP) is 2.76. The molecule has 14 heavy (non-hydrogen) atoms. The lowest BCUT2D eigenvalue weighted by molar-refractivity contribution is -0.117. The monoisotopic (exact) mass is 209 g/mol. The number of carbonyl (C=O) groups excluding carboxylic acids is 1. The van der Waals surface area contributed by atoms with Gasteiger partial charge in [-0.15, -0.1) is 0 Å². The first-order valence-electron chi connectivity index (χ1n) is 4.73. The highest BCUT2D eigenvalue weighted by Gasteiger charge is 2.24. The highest BCUT2D eigenvalue weighted by molar-refractivity contribution is 6.30. The number of hydrogen-bond acceptors (Lipinski definition) is 2. The molecule has 1 aliphatic rings. The summed E-state index contributed by atoms with van der Waals surface area (Å²) in [5, 5.41) is 0.688. The first-order chi connectivity index (χ1) is 6.66. The molecule has 0 radical (unpaired) electrons.